The fourth-order valence-corrected chi connectivity index (χ4v) is 4.80. The van der Waals surface area contributed by atoms with E-state index in [4.69, 9.17) is 0 Å². The van der Waals surface area contributed by atoms with Crippen molar-refractivity contribution in [3.05, 3.63) is 29.8 Å². The van der Waals surface area contributed by atoms with Crippen LogP contribution in [-0.4, -0.2) is 50.0 Å². The minimum atomic E-state index is -2.83. The van der Waals surface area contributed by atoms with Crippen molar-refractivity contribution >= 4 is 15.5 Å². The van der Waals surface area contributed by atoms with Gasteiger partial charge in [0.1, 0.15) is 0 Å². The first-order valence-electron chi connectivity index (χ1n) is 6.83. The molecule has 4 nitrogen and oxygen atoms in total. The molecule has 2 heterocycles. The first-order valence-corrected chi connectivity index (χ1v) is 8.65. The number of fused-ring (bicyclic) bond motifs is 1. The van der Waals surface area contributed by atoms with Gasteiger partial charge in [-0.25, -0.2) is 8.42 Å². The SMILES string of the molecule is CC1CS(=O)(=O)CCN1C1CNc2ccccc2C1. The zero-order valence-electron chi connectivity index (χ0n) is 11.2. The van der Waals surface area contributed by atoms with Crippen molar-refractivity contribution < 1.29 is 8.42 Å². The van der Waals surface area contributed by atoms with Gasteiger partial charge in [-0.15, -0.1) is 0 Å². The average Bonchev–Trinajstić information content (AvgIpc) is 2.37. The first-order chi connectivity index (χ1) is 9.05. The quantitative estimate of drug-likeness (QED) is 0.838. The Kier molecular flexibility index (Phi) is 3.27. The lowest BCUT2D eigenvalue weighted by Crippen LogP contribution is -2.55. The minimum absolute atomic E-state index is 0.121. The zero-order valence-corrected chi connectivity index (χ0v) is 12.0. The molecule has 2 aliphatic heterocycles. The summed E-state index contributed by atoms with van der Waals surface area (Å²) in [5.74, 6) is 0.598. The lowest BCUT2D eigenvalue weighted by Gasteiger charge is -2.41. The van der Waals surface area contributed by atoms with Crippen molar-refractivity contribution in [3.63, 3.8) is 0 Å². The summed E-state index contributed by atoms with van der Waals surface area (Å²) in [4.78, 5) is 2.35. The van der Waals surface area contributed by atoms with E-state index in [2.05, 4.69) is 28.4 Å². The number of hydrogen-bond donors (Lipinski definition) is 1. The number of nitrogens with one attached hydrogen (secondary N) is 1. The summed E-state index contributed by atoms with van der Waals surface area (Å²) in [6, 6.07) is 8.89. The third-order valence-electron chi connectivity index (χ3n) is 4.19. The number of benzene rings is 1. The predicted molar refractivity (Wildman–Crippen MR) is 77.2 cm³/mol. The van der Waals surface area contributed by atoms with Crippen LogP contribution in [0.15, 0.2) is 24.3 Å². The van der Waals surface area contributed by atoms with Crippen LogP contribution in [-0.2, 0) is 16.3 Å². The van der Waals surface area contributed by atoms with Crippen LogP contribution in [0.1, 0.15) is 12.5 Å². The highest BCUT2D eigenvalue weighted by atomic mass is 32.2. The van der Waals surface area contributed by atoms with E-state index in [-0.39, 0.29) is 6.04 Å². The normalized spacial score (nSPS) is 30.4. The third-order valence-corrected chi connectivity index (χ3v) is 5.99. The van der Waals surface area contributed by atoms with Crippen molar-refractivity contribution in [2.24, 2.45) is 0 Å². The van der Waals surface area contributed by atoms with Crippen molar-refractivity contribution in [3.8, 4) is 0 Å². The Bertz CT molecular complexity index is 571. The Morgan fingerprint density at radius 2 is 2.11 bits per heavy atom. The molecule has 1 N–H and O–H groups in total. The van der Waals surface area contributed by atoms with Gasteiger partial charge in [-0.3, -0.25) is 4.90 Å². The topological polar surface area (TPSA) is 49.4 Å². The number of para-hydroxylation sites is 1. The second-order valence-electron chi connectivity index (χ2n) is 5.60. The van der Waals surface area contributed by atoms with Gasteiger partial charge in [0, 0.05) is 30.9 Å². The van der Waals surface area contributed by atoms with E-state index in [0.29, 0.717) is 24.1 Å². The Morgan fingerprint density at radius 3 is 2.89 bits per heavy atom. The summed E-state index contributed by atoms with van der Waals surface area (Å²) in [6.07, 6.45) is 1.01. The third kappa shape index (κ3) is 2.62. The maximum Gasteiger partial charge on any atom is 0.153 e. The van der Waals surface area contributed by atoms with Crippen LogP contribution in [0.2, 0.25) is 0 Å². The Morgan fingerprint density at radius 1 is 1.32 bits per heavy atom. The maximum absolute atomic E-state index is 11.6. The van der Waals surface area contributed by atoms with Gasteiger partial charge in [0.25, 0.3) is 0 Å². The second kappa shape index (κ2) is 4.80. The molecule has 1 aromatic rings. The highest BCUT2D eigenvalue weighted by molar-refractivity contribution is 7.91. The first kappa shape index (κ1) is 12.9. The molecule has 0 spiro atoms. The summed E-state index contributed by atoms with van der Waals surface area (Å²) in [6.45, 7) is 3.59. The molecule has 104 valence electrons. The molecule has 19 heavy (non-hydrogen) atoms. The highest BCUT2D eigenvalue weighted by Gasteiger charge is 2.33. The summed E-state index contributed by atoms with van der Waals surface area (Å²) >= 11 is 0. The largest absolute Gasteiger partial charge is 0.383 e. The van der Waals surface area contributed by atoms with Gasteiger partial charge in [0.05, 0.1) is 11.5 Å². The van der Waals surface area contributed by atoms with Crippen LogP contribution in [0.5, 0.6) is 0 Å². The smallest absolute Gasteiger partial charge is 0.153 e. The molecule has 1 fully saturated rings. The number of sulfone groups is 1. The summed E-state index contributed by atoms with van der Waals surface area (Å²) in [7, 11) is -2.83. The molecule has 2 aliphatic rings. The molecule has 5 heteroatoms. The predicted octanol–water partition coefficient (Wildman–Crippen LogP) is 1.14. The number of nitrogens with zero attached hydrogens (tertiary/aromatic N) is 1. The summed E-state index contributed by atoms with van der Waals surface area (Å²) in [5, 5.41) is 3.46. The lowest BCUT2D eigenvalue weighted by atomic mass is 9.97. The monoisotopic (exact) mass is 280 g/mol. The van der Waals surface area contributed by atoms with Gasteiger partial charge in [-0.1, -0.05) is 18.2 Å². The Hall–Kier alpha value is -1.07. The molecule has 2 atom stereocenters. The molecule has 0 aliphatic carbocycles. The van der Waals surface area contributed by atoms with Crippen LogP contribution in [0, 0.1) is 0 Å². The van der Waals surface area contributed by atoms with Crippen LogP contribution in [0.4, 0.5) is 5.69 Å². The molecule has 1 saturated heterocycles. The number of hydrogen-bond acceptors (Lipinski definition) is 4. The van der Waals surface area contributed by atoms with Gasteiger partial charge in [0.15, 0.2) is 9.84 Å². The van der Waals surface area contributed by atoms with Crippen molar-refractivity contribution in [1.82, 2.24) is 4.90 Å². The number of rotatable bonds is 1. The zero-order chi connectivity index (χ0) is 13.5. The average molecular weight is 280 g/mol. The van der Waals surface area contributed by atoms with E-state index in [0.717, 1.165) is 13.0 Å². The molecule has 0 saturated carbocycles. The van der Waals surface area contributed by atoms with E-state index < -0.39 is 9.84 Å². The molecule has 0 amide bonds. The van der Waals surface area contributed by atoms with Gasteiger partial charge in [0.2, 0.25) is 0 Å². The molecule has 0 bridgehead atoms. The van der Waals surface area contributed by atoms with Crippen molar-refractivity contribution in [1.29, 1.82) is 0 Å². The fraction of sp³-hybridized carbons (Fsp3) is 0.571. The van der Waals surface area contributed by atoms with E-state index in [1.807, 2.05) is 13.0 Å². The van der Waals surface area contributed by atoms with Crippen LogP contribution < -0.4 is 5.32 Å². The molecular formula is C14H20N2O2S. The van der Waals surface area contributed by atoms with Crippen LogP contribution in [0.25, 0.3) is 0 Å². The molecule has 0 aromatic heterocycles. The van der Waals surface area contributed by atoms with Gasteiger partial charge < -0.3 is 5.32 Å². The van der Waals surface area contributed by atoms with Crippen LogP contribution in [0.3, 0.4) is 0 Å². The molecular weight excluding hydrogens is 260 g/mol. The van der Waals surface area contributed by atoms with Gasteiger partial charge >= 0.3 is 0 Å². The molecule has 1 aromatic carbocycles. The standard InChI is InChI=1S/C14H20N2O2S/c1-11-10-19(17,18)7-6-16(11)13-8-12-4-2-3-5-14(12)15-9-13/h2-5,11,13,15H,6-10H2,1H3. The molecule has 3 rings (SSSR count). The van der Waals surface area contributed by atoms with E-state index in [1.165, 1.54) is 11.3 Å². The van der Waals surface area contributed by atoms with E-state index >= 15 is 0 Å². The Balaban J connectivity index is 1.75. The Labute approximate surface area is 114 Å². The highest BCUT2D eigenvalue weighted by Crippen LogP contribution is 2.26. The van der Waals surface area contributed by atoms with Crippen molar-refractivity contribution in [2.45, 2.75) is 25.4 Å². The van der Waals surface area contributed by atoms with Gasteiger partial charge in [-0.05, 0) is 25.0 Å². The second-order valence-corrected chi connectivity index (χ2v) is 7.83. The van der Waals surface area contributed by atoms with Crippen molar-refractivity contribution in [2.75, 3.05) is 29.9 Å². The van der Waals surface area contributed by atoms with E-state index in [9.17, 15) is 8.42 Å². The van der Waals surface area contributed by atoms with Crippen LogP contribution >= 0.6 is 0 Å². The maximum atomic E-state index is 11.6. The molecule has 2 unspecified atom stereocenters. The lowest BCUT2D eigenvalue weighted by molar-refractivity contribution is 0.161. The van der Waals surface area contributed by atoms with Gasteiger partial charge in [-0.2, -0.15) is 0 Å². The fourth-order valence-electron chi connectivity index (χ4n) is 3.21. The van der Waals surface area contributed by atoms with E-state index in [1.54, 1.807) is 0 Å². The summed E-state index contributed by atoms with van der Waals surface area (Å²) in [5.41, 5.74) is 2.55. The number of anilines is 1. The minimum Gasteiger partial charge on any atom is -0.383 e. The summed E-state index contributed by atoms with van der Waals surface area (Å²) < 4.78 is 23.3. The molecule has 0 radical (unpaired) electrons.